The molecule has 0 bridgehead atoms. The molecule has 1 heterocycles. The Labute approximate surface area is 91.8 Å². The van der Waals surface area contributed by atoms with Crippen molar-refractivity contribution in [3.05, 3.63) is 24.3 Å². The molecular weight excluding hydrogens is 214 g/mol. The fourth-order valence-electron chi connectivity index (χ4n) is 1.47. The Kier molecular flexibility index (Phi) is 2.60. The maximum Gasteiger partial charge on any atom is 0.240 e. The minimum absolute atomic E-state index is 0.0646. The van der Waals surface area contributed by atoms with E-state index in [-0.39, 0.29) is 11.8 Å². The number of hydrogen-bond donors (Lipinski definition) is 1. The molecule has 0 aliphatic rings. The molecule has 0 aliphatic heterocycles. The van der Waals surface area contributed by atoms with E-state index in [4.69, 9.17) is 11.6 Å². The van der Waals surface area contributed by atoms with Gasteiger partial charge in [-0.1, -0.05) is 12.1 Å². The predicted octanol–water partition coefficient (Wildman–Crippen LogP) is 1.75. The number of nitrogens with one attached hydrogen (secondary N) is 1. The van der Waals surface area contributed by atoms with Gasteiger partial charge >= 0.3 is 0 Å². The van der Waals surface area contributed by atoms with Gasteiger partial charge < -0.3 is 5.32 Å². The lowest BCUT2D eigenvalue weighted by molar-refractivity contribution is -0.113. The van der Waals surface area contributed by atoms with Crippen LogP contribution in [0.1, 0.15) is 0 Å². The van der Waals surface area contributed by atoms with Crippen LogP contribution in [0.3, 0.4) is 0 Å². The number of fused-ring (bicyclic) bond motifs is 1. The molecule has 0 aliphatic carbocycles. The topological polar surface area (TPSA) is 46.9 Å². The third-order valence-corrected chi connectivity index (χ3v) is 2.38. The van der Waals surface area contributed by atoms with E-state index < -0.39 is 0 Å². The first kappa shape index (κ1) is 9.98. The molecule has 1 aromatic heterocycles. The average molecular weight is 224 g/mol. The lowest BCUT2D eigenvalue weighted by Gasteiger charge is -1.97. The van der Waals surface area contributed by atoms with Gasteiger partial charge in [0.2, 0.25) is 5.91 Å². The molecule has 5 heteroatoms. The standard InChI is InChI=1S/C10H10ClN3O/c1-14-8-5-3-2-4-7(8)10(13-14)12-9(15)6-11/h2-5H,6H2,1H3,(H,12,13,15). The Balaban J connectivity index is 2.48. The van der Waals surface area contributed by atoms with Gasteiger partial charge in [-0.25, -0.2) is 0 Å². The Bertz CT molecular complexity index is 506. The first-order valence-corrected chi connectivity index (χ1v) is 5.03. The summed E-state index contributed by atoms with van der Waals surface area (Å²) in [5.41, 5.74) is 0.974. The monoisotopic (exact) mass is 223 g/mol. The highest BCUT2D eigenvalue weighted by molar-refractivity contribution is 6.29. The van der Waals surface area contributed by atoms with Crippen molar-refractivity contribution < 1.29 is 4.79 Å². The van der Waals surface area contributed by atoms with Gasteiger partial charge in [0, 0.05) is 12.4 Å². The number of anilines is 1. The molecule has 0 saturated heterocycles. The number of hydrogen-bond acceptors (Lipinski definition) is 2. The molecule has 0 radical (unpaired) electrons. The second kappa shape index (κ2) is 3.90. The molecule has 2 rings (SSSR count). The SMILES string of the molecule is Cn1nc(NC(=O)CCl)c2ccccc21. The zero-order chi connectivity index (χ0) is 10.8. The van der Waals surface area contributed by atoms with Crippen molar-refractivity contribution in [2.75, 3.05) is 11.2 Å². The van der Waals surface area contributed by atoms with Crippen LogP contribution in [0.4, 0.5) is 5.82 Å². The van der Waals surface area contributed by atoms with E-state index in [9.17, 15) is 4.79 Å². The Morgan fingerprint density at radius 2 is 2.27 bits per heavy atom. The molecular formula is C10H10ClN3O. The summed E-state index contributed by atoms with van der Waals surface area (Å²) in [6.45, 7) is 0. The van der Waals surface area contributed by atoms with Gasteiger partial charge in [0.1, 0.15) is 5.88 Å². The number of nitrogens with zero attached hydrogens (tertiary/aromatic N) is 2. The van der Waals surface area contributed by atoms with Crippen molar-refractivity contribution in [3.63, 3.8) is 0 Å². The highest BCUT2D eigenvalue weighted by Crippen LogP contribution is 2.21. The fraction of sp³-hybridized carbons (Fsp3) is 0.200. The van der Waals surface area contributed by atoms with Gasteiger partial charge in [-0.15, -0.1) is 11.6 Å². The average Bonchev–Trinajstić information content (AvgIpc) is 2.57. The van der Waals surface area contributed by atoms with Gasteiger partial charge in [0.25, 0.3) is 0 Å². The number of para-hydroxylation sites is 1. The molecule has 1 amide bonds. The van der Waals surface area contributed by atoms with E-state index in [0.717, 1.165) is 10.9 Å². The maximum absolute atomic E-state index is 11.1. The molecule has 0 atom stereocenters. The van der Waals surface area contributed by atoms with E-state index in [1.54, 1.807) is 4.68 Å². The number of halogens is 1. The molecule has 1 aromatic carbocycles. The zero-order valence-electron chi connectivity index (χ0n) is 8.20. The van der Waals surface area contributed by atoms with Crippen molar-refractivity contribution >= 4 is 34.2 Å². The van der Waals surface area contributed by atoms with E-state index in [1.165, 1.54) is 0 Å². The van der Waals surface area contributed by atoms with Crippen molar-refractivity contribution in [1.29, 1.82) is 0 Å². The van der Waals surface area contributed by atoms with E-state index in [2.05, 4.69) is 10.4 Å². The number of aryl methyl sites for hydroxylation is 1. The fourth-order valence-corrected chi connectivity index (χ4v) is 1.54. The van der Waals surface area contributed by atoms with E-state index in [0.29, 0.717) is 5.82 Å². The first-order valence-electron chi connectivity index (χ1n) is 4.50. The zero-order valence-corrected chi connectivity index (χ0v) is 8.95. The molecule has 4 nitrogen and oxygen atoms in total. The van der Waals surface area contributed by atoms with Crippen LogP contribution in [0.5, 0.6) is 0 Å². The van der Waals surface area contributed by atoms with Crippen molar-refractivity contribution in [2.45, 2.75) is 0 Å². The van der Waals surface area contributed by atoms with Crippen LogP contribution in [0, 0.1) is 0 Å². The predicted molar refractivity (Wildman–Crippen MR) is 60.1 cm³/mol. The summed E-state index contributed by atoms with van der Waals surface area (Å²) in [5.74, 6) is 0.240. The van der Waals surface area contributed by atoms with Crippen LogP contribution >= 0.6 is 11.6 Å². The maximum atomic E-state index is 11.1. The summed E-state index contributed by atoms with van der Waals surface area (Å²) in [6, 6.07) is 7.68. The molecule has 2 aromatic rings. The quantitative estimate of drug-likeness (QED) is 0.789. The number of carbonyl (C=O) groups is 1. The molecule has 0 saturated carbocycles. The Hall–Kier alpha value is -1.55. The Morgan fingerprint density at radius 3 is 3.00 bits per heavy atom. The third kappa shape index (κ3) is 1.80. The summed E-state index contributed by atoms with van der Waals surface area (Å²) in [4.78, 5) is 11.1. The summed E-state index contributed by atoms with van der Waals surface area (Å²) in [6.07, 6.45) is 0. The summed E-state index contributed by atoms with van der Waals surface area (Å²) < 4.78 is 1.72. The lowest BCUT2D eigenvalue weighted by atomic mass is 10.2. The number of carbonyl (C=O) groups excluding carboxylic acids is 1. The van der Waals surface area contributed by atoms with Crippen LogP contribution in [-0.4, -0.2) is 21.6 Å². The van der Waals surface area contributed by atoms with Gasteiger partial charge in [-0.05, 0) is 12.1 Å². The summed E-state index contributed by atoms with van der Waals surface area (Å²) in [5, 5.41) is 7.77. The highest BCUT2D eigenvalue weighted by Gasteiger charge is 2.09. The third-order valence-electron chi connectivity index (χ3n) is 2.14. The first-order chi connectivity index (χ1) is 7.22. The largest absolute Gasteiger partial charge is 0.308 e. The minimum atomic E-state index is -0.250. The normalized spacial score (nSPS) is 10.5. The number of aromatic nitrogens is 2. The van der Waals surface area contributed by atoms with E-state index in [1.807, 2.05) is 31.3 Å². The van der Waals surface area contributed by atoms with Gasteiger partial charge in [-0.2, -0.15) is 5.10 Å². The summed E-state index contributed by atoms with van der Waals surface area (Å²) >= 11 is 5.41. The Morgan fingerprint density at radius 1 is 1.53 bits per heavy atom. The van der Waals surface area contributed by atoms with Crippen molar-refractivity contribution in [1.82, 2.24) is 9.78 Å². The van der Waals surface area contributed by atoms with Gasteiger partial charge in [-0.3, -0.25) is 9.48 Å². The van der Waals surface area contributed by atoms with Crippen LogP contribution < -0.4 is 5.32 Å². The van der Waals surface area contributed by atoms with Crippen LogP contribution in [0.25, 0.3) is 10.9 Å². The second-order valence-electron chi connectivity index (χ2n) is 3.17. The second-order valence-corrected chi connectivity index (χ2v) is 3.44. The van der Waals surface area contributed by atoms with Crippen LogP contribution in [0.15, 0.2) is 24.3 Å². The van der Waals surface area contributed by atoms with Crippen molar-refractivity contribution in [2.24, 2.45) is 7.05 Å². The van der Waals surface area contributed by atoms with Crippen molar-refractivity contribution in [3.8, 4) is 0 Å². The van der Waals surface area contributed by atoms with Crippen LogP contribution in [-0.2, 0) is 11.8 Å². The highest BCUT2D eigenvalue weighted by atomic mass is 35.5. The summed E-state index contributed by atoms with van der Waals surface area (Å²) in [7, 11) is 1.83. The number of benzene rings is 1. The van der Waals surface area contributed by atoms with Gasteiger partial charge in [0.15, 0.2) is 5.82 Å². The smallest absolute Gasteiger partial charge is 0.240 e. The number of amides is 1. The molecule has 15 heavy (non-hydrogen) atoms. The number of alkyl halides is 1. The van der Waals surface area contributed by atoms with Crippen LogP contribution in [0.2, 0.25) is 0 Å². The number of rotatable bonds is 2. The van der Waals surface area contributed by atoms with E-state index >= 15 is 0 Å². The molecule has 0 unspecified atom stereocenters. The molecule has 78 valence electrons. The van der Waals surface area contributed by atoms with Gasteiger partial charge in [0.05, 0.1) is 5.52 Å². The molecule has 0 fully saturated rings. The lowest BCUT2D eigenvalue weighted by Crippen LogP contribution is -2.13. The minimum Gasteiger partial charge on any atom is -0.308 e. The molecule has 1 N–H and O–H groups in total. The molecule has 0 spiro atoms.